The van der Waals surface area contributed by atoms with Crippen LogP contribution in [0.25, 0.3) is 10.9 Å². The number of hydrogen-bond acceptors (Lipinski definition) is 7. The Morgan fingerprint density at radius 3 is 2.69 bits per heavy atom. The number of ketones is 1. The number of carbonyl (C=O) groups excluding carboxylic acids is 3. The molecule has 1 amide bonds. The van der Waals surface area contributed by atoms with Crippen LogP contribution in [0.4, 0.5) is 9.18 Å². The molecular formula is C23H25FN2O6. The Labute approximate surface area is 184 Å². The maximum absolute atomic E-state index is 13.9. The van der Waals surface area contributed by atoms with E-state index in [-0.39, 0.29) is 36.5 Å². The van der Waals surface area contributed by atoms with Gasteiger partial charge in [-0.2, -0.15) is 0 Å². The monoisotopic (exact) mass is 444 g/mol. The molecule has 1 spiro atoms. The highest BCUT2D eigenvalue weighted by molar-refractivity contribution is 6.11. The van der Waals surface area contributed by atoms with Gasteiger partial charge >= 0.3 is 12.1 Å². The van der Waals surface area contributed by atoms with Gasteiger partial charge in [0.05, 0.1) is 36.8 Å². The molecule has 0 unspecified atom stereocenters. The van der Waals surface area contributed by atoms with Crippen molar-refractivity contribution in [3.05, 3.63) is 35.3 Å². The van der Waals surface area contributed by atoms with Crippen molar-refractivity contribution in [3.63, 3.8) is 0 Å². The summed E-state index contributed by atoms with van der Waals surface area (Å²) in [6.45, 7) is 6.83. The van der Waals surface area contributed by atoms with E-state index in [0.717, 1.165) is 0 Å². The highest BCUT2D eigenvalue weighted by Gasteiger charge is 2.55. The van der Waals surface area contributed by atoms with E-state index >= 15 is 0 Å². The van der Waals surface area contributed by atoms with Crippen molar-refractivity contribution in [2.45, 2.75) is 57.8 Å². The summed E-state index contributed by atoms with van der Waals surface area (Å²) in [7, 11) is 1.23. The molecule has 2 atom stereocenters. The lowest BCUT2D eigenvalue weighted by Gasteiger charge is -2.35. The summed E-state index contributed by atoms with van der Waals surface area (Å²) in [6, 6.07) is 3.10. The third-order valence-corrected chi connectivity index (χ3v) is 5.65. The molecule has 2 aromatic rings. The normalized spacial score (nSPS) is 22.6. The maximum Gasteiger partial charge on any atom is 0.411 e. The van der Waals surface area contributed by atoms with Crippen molar-refractivity contribution >= 4 is 28.7 Å². The van der Waals surface area contributed by atoms with Crippen molar-refractivity contribution in [1.29, 1.82) is 0 Å². The molecular weight excluding hydrogens is 419 g/mol. The second-order valence-corrected chi connectivity index (χ2v) is 9.30. The zero-order chi connectivity index (χ0) is 23.4. The summed E-state index contributed by atoms with van der Waals surface area (Å²) in [4.78, 5) is 44.3. The Bertz CT molecular complexity index is 1140. The second-order valence-electron chi connectivity index (χ2n) is 9.30. The highest BCUT2D eigenvalue weighted by atomic mass is 19.1. The van der Waals surface area contributed by atoms with Gasteiger partial charge in [0.1, 0.15) is 23.1 Å². The Hall–Kier alpha value is -3.23. The zero-order valence-corrected chi connectivity index (χ0v) is 18.7. The number of fused-ring (bicyclic) bond motifs is 3. The van der Waals surface area contributed by atoms with Gasteiger partial charge in [0.25, 0.3) is 0 Å². The predicted molar refractivity (Wildman–Crippen MR) is 112 cm³/mol. The average Bonchev–Trinajstić information content (AvgIpc) is 3.05. The molecule has 1 aromatic heterocycles. The third kappa shape index (κ3) is 3.76. The number of nitrogens with zero attached hydrogens (tertiary/aromatic N) is 2. The number of aryl methyl sites for hydroxylation is 1. The smallest absolute Gasteiger partial charge is 0.411 e. The fourth-order valence-electron chi connectivity index (χ4n) is 4.38. The minimum atomic E-state index is -1.15. The number of carbonyl (C=O) groups is 3. The summed E-state index contributed by atoms with van der Waals surface area (Å²) in [5.74, 6) is -1.12. The fourth-order valence-corrected chi connectivity index (χ4v) is 4.38. The number of ether oxygens (including phenoxy) is 3. The third-order valence-electron chi connectivity index (χ3n) is 5.65. The van der Waals surface area contributed by atoms with Gasteiger partial charge in [0.2, 0.25) is 0 Å². The molecule has 0 N–H and O–H groups in total. The molecule has 0 bridgehead atoms. The number of methoxy groups -OCH3 is 1. The fraction of sp³-hybridized carbons (Fsp3) is 0.478. The van der Waals surface area contributed by atoms with Crippen LogP contribution in [0, 0.1) is 12.7 Å². The van der Waals surface area contributed by atoms with Crippen LogP contribution in [-0.2, 0) is 14.3 Å². The SMILES string of the molecule is COC(=O)[C@@H]1C[C@]2(CC(=O)c3c(c(C)nc4ccc(F)cc34)O2)CN1C(=O)OC(C)(C)C. The van der Waals surface area contributed by atoms with Crippen LogP contribution in [0.15, 0.2) is 18.2 Å². The van der Waals surface area contributed by atoms with Crippen molar-refractivity contribution in [3.8, 4) is 5.75 Å². The molecule has 2 aliphatic rings. The largest absolute Gasteiger partial charge is 0.482 e. The van der Waals surface area contributed by atoms with Gasteiger partial charge in [-0.1, -0.05) is 0 Å². The summed E-state index contributed by atoms with van der Waals surface area (Å²) in [5, 5.41) is 0.372. The molecule has 170 valence electrons. The van der Waals surface area contributed by atoms with Crippen LogP contribution < -0.4 is 4.74 Å². The van der Waals surface area contributed by atoms with Crippen LogP contribution in [0.2, 0.25) is 0 Å². The number of likely N-dealkylation sites (tertiary alicyclic amines) is 1. The molecule has 32 heavy (non-hydrogen) atoms. The Morgan fingerprint density at radius 1 is 1.31 bits per heavy atom. The summed E-state index contributed by atoms with van der Waals surface area (Å²) >= 11 is 0. The first-order valence-electron chi connectivity index (χ1n) is 10.3. The van der Waals surface area contributed by atoms with E-state index in [9.17, 15) is 18.8 Å². The topological polar surface area (TPSA) is 95.0 Å². The number of rotatable bonds is 1. The van der Waals surface area contributed by atoms with Gasteiger partial charge in [-0.25, -0.2) is 19.0 Å². The van der Waals surface area contributed by atoms with Gasteiger partial charge in [-0.05, 0) is 45.9 Å². The lowest BCUT2D eigenvalue weighted by molar-refractivity contribution is -0.145. The second kappa shape index (κ2) is 7.43. The molecule has 0 saturated carbocycles. The first kappa shape index (κ1) is 22.0. The van der Waals surface area contributed by atoms with E-state index in [4.69, 9.17) is 14.2 Å². The van der Waals surface area contributed by atoms with Crippen LogP contribution in [-0.4, -0.2) is 58.6 Å². The number of benzene rings is 1. The molecule has 2 aliphatic heterocycles. The van der Waals surface area contributed by atoms with Gasteiger partial charge < -0.3 is 14.2 Å². The number of amides is 1. The standard InChI is InChI=1S/C23H25FN2O6/c1-12-19-18(14-8-13(24)6-7-15(14)25-12)17(27)10-23(31-19)9-16(20(28)30-5)26(11-23)21(29)32-22(2,3)4/h6-8,16H,9-11H2,1-5H3/t16-,23-/m0/s1. The summed E-state index contributed by atoms with van der Waals surface area (Å²) in [5.41, 5.74) is -0.690. The molecule has 0 aliphatic carbocycles. The van der Waals surface area contributed by atoms with E-state index in [1.807, 2.05) is 0 Å². The molecule has 1 fully saturated rings. The molecule has 9 heteroatoms. The Morgan fingerprint density at radius 2 is 2.03 bits per heavy atom. The highest BCUT2D eigenvalue weighted by Crippen LogP contribution is 2.44. The molecule has 0 radical (unpaired) electrons. The summed E-state index contributed by atoms with van der Waals surface area (Å²) < 4.78 is 30.5. The van der Waals surface area contributed by atoms with Crippen LogP contribution in [0.5, 0.6) is 5.75 Å². The van der Waals surface area contributed by atoms with Crippen LogP contribution in [0.3, 0.4) is 0 Å². The number of aromatic nitrogens is 1. The molecule has 1 saturated heterocycles. The first-order chi connectivity index (χ1) is 14.9. The van der Waals surface area contributed by atoms with Gasteiger partial charge in [0.15, 0.2) is 11.5 Å². The zero-order valence-electron chi connectivity index (χ0n) is 18.7. The number of halogens is 1. The quantitative estimate of drug-likeness (QED) is 0.621. The van der Waals surface area contributed by atoms with Gasteiger partial charge in [0, 0.05) is 11.8 Å². The Balaban J connectivity index is 1.75. The molecule has 4 rings (SSSR count). The van der Waals surface area contributed by atoms with E-state index in [2.05, 4.69) is 4.98 Å². The van der Waals surface area contributed by atoms with Crippen molar-refractivity contribution in [2.24, 2.45) is 0 Å². The van der Waals surface area contributed by atoms with Crippen LogP contribution >= 0.6 is 0 Å². The summed E-state index contributed by atoms with van der Waals surface area (Å²) in [6.07, 6.45) is -0.714. The van der Waals surface area contributed by atoms with Gasteiger partial charge in [-0.3, -0.25) is 9.69 Å². The predicted octanol–water partition coefficient (Wildman–Crippen LogP) is 3.57. The van der Waals surface area contributed by atoms with E-state index in [1.54, 1.807) is 27.7 Å². The maximum atomic E-state index is 13.9. The Kier molecular flexibility index (Phi) is 5.10. The van der Waals surface area contributed by atoms with E-state index in [1.165, 1.54) is 30.2 Å². The number of esters is 1. The average molecular weight is 444 g/mol. The molecule has 1 aromatic carbocycles. The van der Waals surface area contributed by atoms with Crippen molar-refractivity contribution in [2.75, 3.05) is 13.7 Å². The van der Waals surface area contributed by atoms with E-state index < -0.39 is 35.1 Å². The lowest BCUT2D eigenvalue weighted by Crippen LogP contribution is -2.47. The van der Waals surface area contributed by atoms with Crippen molar-refractivity contribution in [1.82, 2.24) is 9.88 Å². The first-order valence-corrected chi connectivity index (χ1v) is 10.3. The minimum Gasteiger partial charge on any atom is -0.482 e. The lowest BCUT2D eigenvalue weighted by atomic mass is 9.86. The van der Waals surface area contributed by atoms with E-state index in [0.29, 0.717) is 16.6 Å². The molecule has 3 heterocycles. The number of Topliss-reactive ketones (excluding diaryl/α,β-unsaturated/α-hetero) is 1. The van der Waals surface area contributed by atoms with Gasteiger partial charge in [-0.15, -0.1) is 0 Å². The molecule has 8 nitrogen and oxygen atoms in total. The number of hydrogen-bond donors (Lipinski definition) is 0. The minimum absolute atomic E-state index is 0.0342. The van der Waals surface area contributed by atoms with Crippen LogP contribution in [0.1, 0.15) is 49.7 Å². The number of pyridine rings is 1. The van der Waals surface area contributed by atoms with Crippen molar-refractivity contribution < 1.29 is 33.0 Å².